The van der Waals surface area contributed by atoms with Gasteiger partial charge in [0.15, 0.2) is 0 Å². The molecule has 0 saturated carbocycles. The first-order valence-corrected chi connectivity index (χ1v) is 13.2. The van der Waals surface area contributed by atoms with Crippen molar-refractivity contribution in [3.63, 3.8) is 0 Å². The van der Waals surface area contributed by atoms with Crippen molar-refractivity contribution in [1.82, 2.24) is 4.90 Å². The lowest BCUT2D eigenvalue weighted by molar-refractivity contribution is 0.0485. The lowest BCUT2D eigenvalue weighted by Gasteiger charge is -2.29. The van der Waals surface area contributed by atoms with Crippen LogP contribution in [0.4, 0.5) is 5.69 Å². The molecule has 1 fully saturated rings. The van der Waals surface area contributed by atoms with Gasteiger partial charge in [0, 0.05) is 19.5 Å². The number of sulfonamides is 1. The maximum atomic E-state index is 12.7. The van der Waals surface area contributed by atoms with Crippen LogP contribution in [-0.4, -0.2) is 56.6 Å². The van der Waals surface area contributed by atoms with E-state index in [2.05, 4.69) is 4.40 Å². The lowest BCUT2D eigenvalue weighted by atomic mass is 10.1. The summed E-state index contributed by atoms with van der Waals surface area (Å²) < 4.78 is 34.8. The van der Waals surface area contributed by atoms with Crippen molar-refractivity contribution in [1.29, 1.82) is 0 Å². The summed E-state index contributed by atoms with van der Waals surface area (Å²) in [7, 11) is -3.89. The van der Waals surface area contributed by atoms with Crippen molar-refractivity contribution in [2.24, 2.45) is 4.40 Å². The SMILES string of the molecule is O=C(OCCCCN1C(=O)c2ccccc2C1=O)c1ccc2c(c1)S(=O)(=O)N=C1CCCCCN12. The number of hydrogen-bond donors (Lipinski definition) is 0. The molecule has 0 N–H and O–H groups in total. The number of benzene rings is 2. The molecular weight excluding hydrogens is 470 g/mol. The number of amidine groups is 1. The van der Waals surface area contributed by atoms with Gasteiger partial charge in [-0.1, -0.05) is 18.6 Å². The van der Waals surface area contributed by atoms with Crippen LogP contribution in [0.2, 0.25) is 0 Å². The zero-order valence-electron chi connectivity index (χ0n) is 19.1. The van der Waals surface area contributed by atoms with E-state index in [9.17, 15) is 22.8 Å². The summed E-state index contributed by atoms with van der Waals surface area (Å²) in [6.07, 6.45) is 4.40. The number of carbonyl (C=O) groups excluding carboxylic acids is 3. The Hall–Kier alpha value is -3.53. The van der Waals surface area contributed by atoms with Crippen LogP contribution in [-0.2, 0) is 14.8 Å². The van der Waals surface area contributed by atoms with Gasteiger partial charge in [-0.2, -0.15) is 8.42 Å². The van der Waals surface area contributed by atoms with Gasteiger partial charge in [-0.15, -0.1) is 4.40 Å². The largest absolute Gasteiger partial charge is 0.462 e. The zero-order chi connectivity index (χ0) is 24.6. The average Bonchev–Trinajstić information content (AvgIpc) is 2.98. The molecule has 3 aliphatic rings. The Morgan fingerprint density at radius 3 is 2.46 bits per heavy atom. The Kier molecular flexibility index (Phi) is 6.14. The minimum absolute atomic E-state index is 0.0169. The van der Waals surface area contributed by atoms with E-state index in [-0.39, 0.29) is 35.4 Å². The van der Waals surface area contributed by atoms with Crippen LogP contribution < -0.4 is 4.90 Å². The molecule has 5 rings (SSSR count). The molecule has 3 aliphatic heterocycles. The molecule has 0 atom stereocenters. The Balaban J connectivity index is 1.18. The molecule has 3 heterocycles. The van der Waals surface area contributed by atoms with E-state index in [1.807, 2.05) is 4.90 Å². The molecule has 2 aromatic rings. The molecular formula is C25H25N3O6S. The number of imide groups is 1. The highest BCUT2D eigenvalue weighted by molar-refractivity contribution is 7.90. The van der Waals surface area contributed by atoms with Gasteiger partial charge < -0.3 is 9.64 Å². The fraction of sp³-hybridized carbons (Fsp3) is 0.360. The fourth-order valence-electron chi connectivity index (χ4n) is 4.67. The Morgan fingerprint density at radius 2 is 1.71 bits per heavy atom. The summed E-state index contributed by atoms with van der Waals surface area (Å²) in [5.74, 6) is -0.695. The number of unbranched alkanes of at least 4 members (excludes halogenated alkanes) is 1. The van der Waals surface area contributed by atoms with Crippen LogP contribution in [0.3, 0.4) is 0 Å². The number of rotatable bonds is 6. The third kappa shape index (κ3) is 4.34. The maximum absolute atomic E-state index is 12.7. The number of amides is 2. The van der Waals surface area contributed by atoms with Crippen LogP contribution in [0, 0.1) is 0 Å². The van der Waals surface area contributed by atoms with Crippen molar-refractivity contribution in [3.05, 3.63) is 59.2 Å². The van der Waals surface area contributed by atoms with Gasteiger partial charge in [-0.05, 0) is 56.0 Å². The van der Waals surface area contributed by atoms with Crippen molar-refractivity contribution in [3.8, 4) is 0 Å². The standard InChI is InChI=1S/C25H25N3O6S/c29-23-18-8-3-4-9-19(18)24(30)28(23)14-6-7-15-34-25(31)17-11-12-20-21(16-17)35(32,33)26-22-10-2-1-5-13-27(20)22/h3-4,8-9,11-12,16H,1-2,5-7,10,13-15H2. The first-order chi connectivity index (χ1) is 16.9. The summed E-state index contributed by atoms with van der Waals surface area (Å²) in [5.41, 5.74) is 1.50. The van der Waals surface area contributed by atoms with E-state index >= 15 is 0 Å². The van der Waals surface area contributed by atoms with Crippen LogP contribution in [0.25, 0.3) is 0 Å². The van der Waals surface area contributed by atoms with E-state index in [0.717, 1.165) is 19.3 Å². The van der Waals surface area contributed by atoms with Crippen LogP contribution >= 0.6 is 0 Å². The van der Waals surface area contributed by atoms with Gasteiger partial charge in [0.2, 0.25) is 0 Å². The normalized spacial score (nSPS) is 18.3. The quantitative estimate of drug-likeness (QED) is 0.343. The molecule has 1 saturated heterocycles. The molecule has 9 nitrogen and oxygen atoms in total. The number of ether oxygens (including phenoxy) is 1. The number of carbonyl (C=O) groups is 3. The summed E-state index contributed by atoms with van der Waals surface area (Å²) in [4.78, 5) is 40.5. The molecule has 2 aromatic carbocycles. The summed E-state index contributed by atoms with van der Waals surface area (Å²) in [5, 5.41) is 0. The predicted octanol–water partition coefficient (Wildman–Crippen LogP) is 3.40. The number of nitrogens with zero attached hydrogens (tertiary/aromatic N) is 3. The number of fused-ring (bicyclic) bond motifs is 4. The van der Waals surface area contributed by atoms with Gasteiger partial charge in [-0.25, -0.2) is 4.79 Å². The van der Waals surface area contributed by atoms with Crippen molar-refractivity contribution < 1.29 is 27.5 Å². The Morgan fingerprint density at radius 1 is 0.971 bits per heavy atom. The number of hydrogen-bond acceptors (Lipinski definition) is 7. The smallest absolute Gasteiger partial charge is 0.338 e. The highest BCUT2D eigenvalue weighted by atomic mass is 32.2. The van der Waals surface area contributed by atoms with E-state index < -0.39 is 16.0 Å². The van der Waals surface area contributed by atoms with Gasteiger partial charge >= 0.3 is 5.97 Å². The molecule has 0 radical (unpaired) electrons. The fourth-order valence-corrected chi connectivity index (χ4v) is 5.95. The molecule has 0 unspecified atom stereocenters. The predicted molar refractivity (Wildman–Crippen MR) is 128 cm³/mol. The highest BCUT2D eigenvalue weighted by Gasteiger charge is 2.35. The van der Waals surface area contributed by atoms with Crippen LogP contribution in [0.5, 0.6) is 0 Å². The van der Waals surface area contributed by atoms with Crippen LogP contribution in [0.15, 0.2) is 51.8 Å². The molecule has 0 spiro atoms. The summed E-state index contributed by atoms with van der Waals surface area (Å²) >= 11 is 0. The van der Waals surface area contributed by atoms with Crippen molar-refractivity contribution in [2.75, 3.05) is 24.6 Å². The Labute approximate surface area is 203 Å². The van der Waals surface area contributed by atoms with E-state index in [1.54, 1.807) is 36.4 Å². The minimum Gasteiger partial charge on any atom is -0.462 e. The monoisotopic (exact) mass is 495 g/mol. The maximum Gasteiger partial charge on any atom is 0.338 e. The lowest BCUT2D eigenvalue weighted by Crippen LogP contribution is -2.35. The van der Waals surface area contributed by atoms with Gasteiger partial charge in [0.25, 0.3) is 21.8 Å². The number of anilines is 1. The second kappa shape index (κ2) is 9.26. The molecule has 0 bridgehead atoms. The molecule has 182 valence electrons. The first kappa shape index (κ1) is 23.2. The Bertz CT molecular complexity index is 1320. The molecule has 10 heteroatoms. The minimum atomic E-state index is -3.89. The third-order valence-electron chi connectivity index (χ3n) is 6.47. The second-order valence-electron chi connectivity index (χ2n) is 8.78. The molecule has 0 aromatic heterocycles. The second-order valence-corrected chi connectivity index (χ2v) is 10.4. The summed E-state index contributed by atoms with van der Waals surface area (Å²) in [6, 6.07) is 11.3. The third-order valence-corrected chi connectivity index (χ3v) is 7.80. The topological polar surface area (TPSA) is 113 Å². The average molecular weight is 496 g/mol. The van der Waals surface area contributed by atoms with Gasteiger partial charge in [0.1, 0.15) is 10.7 Å². The van der Waals surface area contributed by atoms with E-state index in [0.29, 0.717) is 48.5 Å². The highest BCUT2D eigenvalue weighted by Crippen LogP contribution is 2.35. The summed E-state index contributed by atoms with van der Waals surface area (Å²) in [6.45, 7) is 1.01. The van der Waals surface area contributed by atoms with Gasteiger partial charge in [-0.3, -0.25) is 14.5 Å². The van der Waals surface area contributed by atoms with Gasteiger partial charge in [0.05, 0.1) is 29.0 Å². The van der Waals surface area contributed by atoms with Crippen molar-refractivity contribution in [2.45, 2.75) is 43.4 Å². The van der Waals surface area contributed by atoms with Crippen LogP contribution in [0.1, 0.15) is 69.6 Å². The van der Waals surface area contributed by atoms with E-state index in [4.69, 9.17) is 4.74 Å². The van der Waals surface area contributed by atoms with E-state index in [1.165, 1.54) is 11.0 Å². The zero-order valence-corrected chi connectivity index (χ0v) is 19.9. The molecule has 2 amide bonds. The number of esters is 1. The molecule has 35 heavy (non-hydrogen) atoms. The van der Waals surface area contributed by atoms with Crippen molar-refractivity contribution >= 4 is 39.3 Å². The molecule has 0 aliphatic carbocycles. The first-order valence-electron chi connectivity index (χ1n) is 11.7.